The van der Waals surface area contributed by atoms with Crippen LogP contribution >= 0.6 is 0 Å². The van der Waals surface area contributed by atoms with Crippen molar-refractivity contribution < 1.29 is 14.6 Å². The molecule has 0 atom stereocenters. The number of anilines is 6. The van der Waals surface area contributed by atoms with Gasteiger partial charge in [0, 0.05) is 62.9 Å². The van der Waals surface area contributed by atoms with Crippen molar-refractivity contribution in [1.29, 1.82) is 0 Å². The highest BCUT2D eigenvalue weighted by Crippen LogP contribution is 2.29. The van der Waals surface area contributed by atoms with Gasteiger partial charge in [0.1, 0.15) is 17.5 Å². The highest BCUT2D eigenvalue weighted by molar-refractivity contribution is 5.67. The van der Waals surface area contributed by atoms with Crippen LogP contribution < -0.4 is 20.0 Å². The molecule has 0 spiro atoms. The molecule has 190 valence electrons. The van der Waals surface area contributed by atoms with Gasteiger partial charge in [0.2, 0.25) is 5.95 Å². The second-order valence-corrected chi connectivity index (χ2v) is 8.97. The number of pyridine rings is 1. The summed E-state index contributed by atoms with van der Waals surface area (Å²) < 4.78 is 11.1. The monoisotopic (exact) mass is 491 g/mol. The molecule has 10 nitrogen and oxygen atoms in total. The third kappa shape index (κ3) is 5.51. The third-order valence-corrected chi connectivity index (χ3v) is 6.55. The molecule has 0 saturated carbocycles. The van der Waals surface area contributed by atoms with Gasteiger partial charge in [-0.05, 0) is 30.2 Å². The lowest BCUT2D eigenvalue weighted by Crippen LogP contribution is -2.38. The first-order chi connectivity index (χ1) is 17.6. The maximum absolute atomic E-state index is 9.56. The van der Waals surface area contributed by atoms with Gasteiger partial charge in [-0.15, -0.1) is 0 Å². The minimum absolute atomic E-state index is 0.00563. The molecule has 0 amide bonds. The van der Waals surface area contributed by atoms with E-state index in [1.807, 2.05) is 49.2 Å². The number of nitrogens with zero attached hydrogens (tertiary/aromatic N) is 6. The molecular formula is C26H33N7O3. The predicted molar refractivity (Wildman–Crippen MR) is 141 cm³/mol. The van der Waals surface area contributed by atoms with Crippen molar-refractivity contribution in [1.82, 2.24) is 15.0 Å². The van der Waals surface area contributed by atoms with E-state index in [4.69, 9.17) is 19.4 Å². The first-order valence-electron chi connectivity index (χ1n) is 12.3. The number of aliphatic hydroxyl groups excluding tert-OH is 1. The summed E-state index contributed by atoms with van der Waals surface area (Å²) in [5.74, 6) is 2.81. The molecule has 0 bridgehead atoms. The van der Waals surface area contributed by atoms with Crippen molar-refractivity contribution >= 4 is 34.8 Å². The highest BCUT2D eigenvalue weighted by atomic mass is 16.5. The zero-order chi connectivity index (χ0) is 24.9. The molecule has 2 N–H and O–H groups in total. The van der Waals surface area contributed by atoms with E-state index < -0.39 is 0 Å². The van der Waals surface area contributed by atoms with E-state index >= 15 is 0 Å². The van der Waals surface area contributed by atoms with Gasteiger partial charge in [0.25, 0.3) is 0 Å². The van der Waals surface area contributed by atoms with Gasteiger partial charge in [0.15, 0.2) is 0 Å². The Morgan fingerprint density at radius 2 is 1.67 bits per heavy atom. The number of nitrogens with one attached hydrogen (secondary N) is 1. The number of aliphatic hydroxyl groups is 1. The first-order valence-corrected chi connectivity index (χ1v) is 12.3. The van der Waals surface area contributed by atoms with E-state index in [0.717, 1.165) is 60.3 Å². The van der Waals surface area contributed by atoms with E-state index in [9.17, 15) is 5.11 Å². The Morgan fingerprint density at radius 1 is 0.944 bits per heavy atom. The Bertz CT molecular complexity index is 1140. The van der Waals surface area contributed by atoms with Crippen LogP contribution in [0.2, 0.25) is 0 Å². The average molecular weight is 492 g/mol. The van der Waals surface area contributed by atoms with E-state index in [2.05, 4.69) is 26.2 Å². The topological polar surface area (TPSA) is 99.1 Å². The fourth-order valence-corrected chi connectivity index (χ4v) is 4.47. The fraction of sp³-hybridized carbons (Fsp3) is 0.423. The molecule has 2 aliphatic heterocycles. The normalized spacial score (nSPS) is 16.2. The summed E-state index contributed by atoms with van der Waals surface area (Å²) in [6.45, 7) is 8.16. The van der Waals surface area contributed by atoms with Crippen molar-refractivity contribution in [3.63, 3.8) is 0 Å². The summed E-state index contributed by atoms with van der Waals surface area (Å²) in [6, 6.07) is 12.0. The van der Waals surface area contributed by atoms with Crippen LogP contribution in [0.25, 0.3) is 0 Å². The highest BCUT2D eigenvalue weighted by Gasteiger charge is 2.19. The molecule has 2 fully saturated rings. The van der Waals surface area contributed by atoms with Gasteiger partial charge in [-0.1, -0.05) is 12.1 Å². The molecule has 0 unspecified atom stereocenters. The lowest BCUT2D eigenvalue weighted by molar-refractivity contribution is 0.122. The molecule has 10 heteroatoms. The Labute approximate surface area is 211 Å². The number of hydrogen-bond acceptors (Lipinski definition) is 10. The van der Waals surface area contributed by atoms with Crippen LogP contribution in [0.4, 0.5) is 34.8 Å². The van der Waals surface area contributed by atoms with Crippen LogP contribution in [0.5, 0.6) is 0 Å². The summed E-state index contributed by atoms with van der Waals surface area (Å²) in [4.78, 5) is 20.7. The number of aromatic nitrogens is 3. The van der Waals surface area contributed by atoms with Crippen molar-refractivity contribution in [2.75, 3.05) is 79.7 Å². The Balaban J connectivity index is 1.43. The van der Waals surface area contributed by atoms with E-state index in [1.165, 1.54) is 0 Å². The van der Waals surface area contributed by atoms with Crippen molar-refractivity contribution in [3.8, 4) is 0 Å². The summed E-state index contributed by atoms with van der Waals surface area (Å²) in [7, 11) is 1.96. The minimum Gasteiger partial charge on any atom is -0.392 e. The van der Waals surface area contributed by atoms with Crippen molar-refractivity contribution in [2.45, 2.75) is 13.5 Å². The fourth-order valence-electron chi connectivity index (χ4n) is 4.47. The van der Waals surface area contributed by atoms with Crippen LogP contribution in [-0.4, -0.2) is 79.7 Å². The average Bonchev–Trinajstić information content (AvgIpc) is 2.94. The predicted octanol–water partition coefficient (Wildman–Crippen LogP) is 2.86. The molecule has 2 aliphatic rings. The molecule has 4 heterocycles. The number of ether oxygens (including phenoxy) is 2. The molecule has 36 heavy (non-hydrogen) atoms. The van der Waals surface area contributed by atoms with Gasteiger partial charge in [-0.2, -0.15) is 4.98 Å². The number of hydrogen-bond donors (Lipinski definition) is 2. The van der Waals surface area contributed by atoms with E-state index in [1.54, 1.807) is 6.20 Å². The van der Waals surface area contributed by atoms with Crippen molar-refractivity contribution in [3.05, 3.63) is 53.7 Å². The van der Waals surface area contributed by atoms with Crippen LogP contribution in [0.1, 0.15) is 11.1 Å². The van der Waals surface area contributed by atoms with E-state index in [0.29, 0.717) is 38.2 Å². The Morgan fingerprint density at radius 3 is 2.39 bits per heavy atom. The maximum atomic E-state index is 9.56. The number of rotatable bonds is 7. The van der Waals surface area contributed by atoms with Crippen LogP contribution in [-0.2, 0) is 16.1 Å². The third-order valence-electron chi connectivity index (χ3n) is 6.55. The molecular weight excluding hydrogens is 458 g/mol. The van der Waals surface area contributed by atoms with Gasteiger partial charge < -0.3 is 34.6 Å². The summed E-state index contributed by atoms with van der Waals surface area (Å²) in [5, 5.41) is 12.9. The summed E-state index contributed by atoms with van der Waals surface area (Å²) in [5.41, 5.74) is 4.03. The standard InChI is InChI=1S/C26H33N7O3/c1-19-3-4-20(18-34)15-22(19)31(2)24-5-6-27-26(30-24)29-23-16-21(32-7-11-35-12-8-32)17-25(28-23)33-9-13-36-14-10-33/h3-6,15-17,34H,7-14,18H2,1-2H3,(H,27,28,29,30). The summed E-state index contributed by atoms with van der Waals surface area (Å²) in [6.07, 6.45) is 1.74. The number of benzene rings is 1. The van der Waals surface area contributed by atoms with Crippen LogP contribution in [0.15, 0.2) is 42.6 Å². The Kier molecular flexibility index (Phi) is 7.45. The lowest BCUT2D eigenvalue weighted by atomic mass is 10.1. The number of aryl methyl sites for hydroxylation is 1. The minimum atomic E-state index is -0.00563. The molecule has 5 rings (SSSR count). The van der Waals surface area contributed by atoms with Crippen LogP contribution in [0, 0.1) is 6.92 Å². The second kappa shape index (κ2) is 11.1. The van der Waals surface area contributed by atoms with Crippen LogP contribution in [0.3, 0.4) is 0 Å². The largest absolute Gasteiger partial charge is 0.392 e. The maximum Gasteiger partial charge on any atom is 0.230 e. The van der Waals surface area contributed by atoms with Gasteiger partial charge in [0.05, 0.1) is 33.0 Å². The second-order valence-electron chi connectivity index (χ2n) is 8.97. The van der Waals surface area contributed by atoms with Gasteiger partial charge >= 0.3 is 0 Å². The smallest absolute Gasteiger partial charge is 0.230 e. The quantitative estimate of drug-likeness (QED) is 0.513. The van der Waals surface area contributed by atoms with E-state index in [-0.39, 0.29) is 6.61 Å². The molecule has 1 aromatic carbocycles. The first kappa shape index (κ1) is 24.2. The SMILES string of the molecule is Cc1ccc(CO)cc1N(C)c1ccnc(Nc2cc(N3CCOCC3)cc(N3CCOCC3)n2)n1. The van der Waals surface area contributed by atoms with Gasteiger partial charge in [-0.3, -0.25) is 0 Å². The number of morpholine rings is 2. The molecule has 3 aromatic rings. The zero-order valence-corrected chi connectivity index (χ0v) is 20.9. The zero-order valence-electron chi connectivity index (χ0n) is 20.9. The lowest BCUT2D eigenvalue weighted by Gasteiger charge is -2.32. The molecule has 0 radical (unpaired) electrons. The van der Waals surface area contributed by atoms with Gasteiger partial charge in [-0.25, -0.2) is 9.97 Å². The van der Waals surface area contributed by atoms with Crippen molar-refractivity contribution in [2.24, 2.45) is 0 Å². The Hall–Kier alpha value is -3.47. The summed E-state index contributed by atoms with van der Waals surface area (Å²) >= 11 is 0. The molecule has 0 aliphatic carbocycles. The molecule has 2 saturated heterocycles. The molecule has 2 aromatic heterocycles.